The van der Waals surface area contributed by atoms with Crippen molar-refractivity contribution in [1.29, 1.82) is 0 Å². The van der Waals surface area contributed by atoms with Crippen molar-refractivity contribution >= 4 is 0 Å². The summed E-state index contributed by atoms with van der Waals surface area (Å²) in [5.74, 6) is 0.959. The van der Waals surface area contributed by atoms with E-state index in [9.17, 15) is 0 Å². The number of hydrogen-bond donors (Lipinski definition) is 1. The zero-order valence-corrected chi connectivity index (χ0v) is 12.3. The van der Waals surface area contributed by atoms with E-state index in [2.05, 4.69) is 38.0 Å². The summed E-state index contributed by atoms with van der Waals surface area (Å²) in [5, 5.41) is 3.55. The quantitative estimate of drug-likeness (QED) is 0.735. The molecule has 3 unspecified atom stereocenters. The molecular weight excluding hydrogens is 208 g/mol. The van der Waals surface area contributed by atoms with Crippen molar-refractivity contribution < 1.29 is 0 Å². The predicted octanol–water partition coefficient (Wildman–Crippen LogP) is 3.28. The Hall–Kier alpha value is -0.0800. The average Bonchev–Trinajstić information content (AvgIpc) is 2.37. The fourth-order valence-electron chi connectivity index (χ4n) is 3.36. The Labute approximate surface area is 108 Å². The molecule has 0 bridgehead atoms. The van der Waals surface area contributed by atoms with E-state index >= 15 is 0 Å². The molecule has 2 nitrogen and oxygen atoms in total. The van der Waals surface area contributed by atoms with Crippen LogP contribution in [0.15, 0.2) is 0 Å². The molecule has 0 aromatic heterocycles. The van der Waals surface area contributed by atoms with Crippen molar-refractivity contribution in [2.75, 3.05) is 20.1 Å². The van der Waals surface area contributed by atoms with Gasteiger partial charge in [-0.2, -0.15) is 0 Å². The SMILES string of the molecule is CCCN(CCC)C1CC(CC)CCC1NC. The van der Waals surface area contributed by atoms with Crippen LogP contribution in [0.25, 0.3) is 0 Å². The maximum absolute atomic E-state index is 3.55. The van der Waals surface area contributed by atoms with E-state index < -0.39 is 0 Å². The summed E-state index contributed by atoms with van der Waals surface area (Å²) < 4.78 is 0. The summed E-state index contributed by atoms with van der Waals surface area (Å²) in [6.07, 6.45) is 8.11. The van der Waals surface area contributed by atoms with Crippen LogP contribution in [0.1, 0.15) is 59.3 Å². The molecule has 2 heteroatoms. The summed E-state index contributed by atoms with van der Waals surface area (Å²) >= 11 is 0. The van der Waals surface area contributed by atoms with Crippen molar-refractivity contribution in [1.82, 2.24) is 10.2 Å². The van der Waals surface area contributed by atoms with E-state index in [0.29, 0.717) is 0 Å². The first-order chi connectivity index (χ1) is 8.26. The molecule has 1 N–H and O–H groups in total. The standard InChI is InChI=1S/C15H32N2/c1-5-10-17(11-6-2)15-12-13(7-3)8-9-14(15)16-4/h13-16H,5-12H2,1-4H3. The van der Waals surface area contributed by atoms with Crippen molar-refractivity contribution in [2.45, 2.75) is 71.4 Å². The fourth-order valence-corrected chi connectivity index (χ4v) is 3.36. The van der Waals surface area contributed by atoms with Crippen LogP contribution in [0.2, 0.25) is 0 Å². The van der Waals surface area contributed by atoms with Crippen LogP contribution in [-0.2, 0) is 0 Å². The highest BCUT2D eigenvalue weighted by Gasteiger charge is 2.32. The first-order valence-corrected chi connectivity index (χ1v) is 7.68. The van der Waals surface area contributed by atoms with Gasteiger partial charge in [-0.1, -0.05) is 27.2 Å². The highest BCUT2D eigenvalue weighted by molar-refractivity contribution is 4.90. The fraction of sp³-hybridized carbons (Fsp3) is 1.00. The van der Waals surface area contributed by atoms with Crippen LogP contribution < -0.4 is 5.32 Å². The normalized spacial score (nSPS) is 29.8. The average molecular weight is 240 g/mol. The largest absolute Gasteiger partial charge is 0.315 e. The second-order valence-corrected chi connectivity index (χ2v) is 5.59. The molecule has 0 aromatic rings. The molecule has 102 valence electrons. The predicted molar refractivity (Wildman–Crippen MR) is 76.4 cm³/mol. The number of hydrogen-bond acceptors (Lipinski definition) is 2. The zero-order chi connectivity index (χ0) is 12.7. The molecule has 1 fully saturated rings. The van der Waals surface area contributed by atoms with Gasteiger partial charge in [-0.05, 0) is 58.2 Å². The lowest BCUT2D eigenvalue weighted by molar-refractivity contribution is 0.0981. The molecule has 0 aliphatic heterocycles. The van der Waals surface area contributed by atoms with Gasteiger partial charge in [0, 0.05) is 12.1 Å². The van der Waals surface area contributed by atoms with Crippen LogP contribution >= 0.6 is 0 Å². The molecule has 1 rings (SSSR count). The molecular formula is C15H32N2. The van der Waals surface area contributed by atoms with Crippen LogP contribution in [0.3, 0.4) is 0 Å². The van der Waals surface area contributed by atoms with E-state index in [-0.39, 0.29) is 0 Å². The molecule has 1 saturated carbocycles. The van der Waals surface area contributed by atoms with Crippen LogP contribution in [0.4, 0.5) is 0 Å². The first kappa shape index (κ1) is 15.0. The Morgan fingerprint density at radius 1 is 1.06 bits per heavy atom. The van der Waals surface area contributed by atoms with E-state index in [0.717, 1.165) is 18.0 Å². The second-order valence-electron chi connectivity index (χ2n) is 5.59. The Bertz CT molecular complexity index is 187. The smallest absolute Gasteiger partial charge is 0.0251 e. The van der Waals surface area contributed by atoms with Gasteiger partial charge in [0.15, 0.2) is 0 Å². The molecule has 3 atom stereocenters. The van der Waals surface area contributed by atoms with E-state index in [1.54, 1.807) is 0 Å². The molecule has 0 radical (unpaired) electrons. The van der Waals surface area contributed by atoms with Crippen molar-refractivity contribution in [3.05, 3.63) is 0 Å². The minimum Gasteiger partial charge on any atom is -0.315 e. The highest BCUT2D eigenvalue weighted by Crippen LogP contribution is 2.30. The van der Waals surface area contributed by atoms with Gasteiger partial charge in [0.2, 0.25) is 0 Å². The third-order valence-corrected chi connectivity index (χ3v) is 4.36. The molecule has 0 amide bonds. The van der Waals surface area contributed by atoms with Gasteiger partial charge in [0.25, 0.3) is 0 Å². The molecule has 1 aliphatic carbocycles. The maximum atomic E-state index is 3.55. The molecule has 1 aliphatic rings. The third-order valence-electron chi connectivity index (χ3n) is 4.36. The summed E-state index contributed by atoms with van der Waals surface area (Å²) in [6.45, 7) is 9.50. The maximum Gasteiger partial charge on any atom is 0.0251 e. The van der Waals surface area contributed by atoms with Crippen LogP contribution in [0.5, 0.6) is 0 Å². The van der Waals surface area contributed by atoms with Gasteiger partial charge < -0.3 is 5.32 Å². The van der Waals surface area contributed by atoms with Gasteiger partial charge in [-0.25, -0.2) is 0 Å². The van der Waals surface area contributed by atoms with Crippen LogP contribution in [-0.4, -0.2) is 37.1 Å². The van der Waals surface area contributed by atoms with E-state index in [1.165, 1.54) is 51.6 Å². The monoisotopic (exact) mass is 240 g/mol. The number of nitrogens with one attached hydrogen (secondary N) is 1. The lowest BCUT2D eigenvalue weighted by atomic mass is 9.80. The van der Waals surface area contributed by atoms with Gasteiger partial charge in [0.05, 0.1) is 0 Å². The van der Waals surface area contributed by atoms with Gasteiger partial charge in [-0.15, -0.1) is 0 Å². The molecule has 0 aromatic carbocycles. The lowest BCUT2D eigenvalue weighted by Crippen LogP contribution is -2.52. The number of rotatable bonds is 7. The van der Waals surface area contributed by atoms with Gasteiger partial charge >= 0.3 is 0 Å². The second kappa shape index (κ2) is 8.10. The molecule has 17 heavy (non-hydrogen) atoms. The summed E-state index contributed by atoms with van der Waals surface area (Å²) in [5.41, 5.74) is 0. The Morgan fingerprint density at radius 3 is 2.18 bits per heavy atom. The van der Waals surface area contributed by atoms with E-state index in [1.807, 2.05) is 0 Å². The van der Waals surface area contributed by atoms with Gasteiger partial charge in [0.1, 0.15) is 0 Å². The Kier molecular flexibility index (Phi) is 7.14. The first-order valence-electron chi connectivity index (χ1n) is 7.68. The van der Waals surface area contributed by atoms with Crippen molar-refractivity contribution in [2.24, 2.45) is 5.92 Å². The highest BCUT2D eigenvalue weighted by atomic mass is 15.2. The molecule has 0 saturated heterocycles. The Morgan fingerprint density at radius 2 is 1.71 bits per heavy atom. The number of nitrogens with zero attached hydrogens (tertiary/aromatic N) is 1. The molecule has 0 heterocycles. The third kappa shape index (κ3) is 4.26. The van der Waals surface area contributed by atoms with E-state index in [4.69, 9.17) is 0 Å². The zero-order valence-electron chi connectivity index (χ0n) is 12.3. The summed E-state index contributed by atoms with van der Waals surface area (Å²) in [6, 6.07) is 1.49. The summed E-state index contributed by atoms with van der Waals surface area (Å²) in [7, 11) is 2.14. The lowest BCUT2D eigenvalue weighted by Gasteiger charge is -2.42. The minimum absolute atomic E-state index is 0.718. The van der Waals surface area contributed by atoms with Gasteiger partial charge in [-0.3, -0.25) is 4.90 Å². The molecule has 0 spiro atoms. The Balaban J connectivity index is 2.64. The minimum atomic E-state index is 0.718. The van der Waals surface area contributed by atoms with Crippen molar-refractivity contribution in [3.63, 3.8) is 0 Å². The summed E-state index contributed by atoms with van der Waals surface area (Å²) in [4.78, 5) is 2.74. The number of likely N-dealkylation sites (N-methyl/N-ethyl adjacent to an activating group) is 1. The van der Waals surface area contributed by atoms with Crippen LogP contribution in [0, 0.1) is 5.92 Å². The topological polar surface area (TPSA) is 15.3 Å². The van der Waals surface area contributed by atoms with Crippen molar-refractivity contribution in [3.8, 4) is 0 Å².